The fraction of sp³-hybridized carbons (Fsp3) is 0.316. The largest absolute Gasteiger partial charge is 0.493 e. The van der Waals surface area contributed by atoms with Crippen LogP contribution in [0, 0.1) is 13.8 Å². The monoisotopic (exact) mass is 314 g/mol. The molecule has 2 rings (SSSR count). The van der Waals surface area contributed by atoms with Crippen molar-refractivity contribution in [2.75, 3.05) is 19.8 Å². The van der Waals surface area contributed by atoms with E-state index in [1.54, 1.807) is 0 Å². The van der Waals surface area contributed by atoms with Crippen molar-refractivity contribution in [1.29, 1.82) is 0 Å². The minimum absolute atomic E-state index is 0.221. The predicted octanol–water partition coefficient (Wildman–Crippen LogP) is 3.69. The zero-order valence-corrected chi connectivity index (χ0v) is 13.6. The molecule has 0 N–H and O–H groups in total. The molecular formula is C19H22O4. The Labute approximate surface area is 137 Å². The molecule has 2 aromatic carbocycles. The molecular weight excluding hydrogens is 292 g/mol. The molecule has 0 aliphatic rings. The van der Waals surface area contributed by atoms with Crippen LogP contribution in [-0.4, -0.2) is 25.8 Å². The van der Waals surface area contributed by atoms with E-state index in [0.29, 0.717) is 13.2 Å². The SMILES string of the molecule is Cc1ccc(OCCC(=O)OCCOc2cccc(C)c2)cc1. The lowest BCUT2D eigenvalue weighted by atomic mass is 10.2. The average molecular weight is 314 g/mol. The molecule has 0 amide bonds. The fourth-order valence-corrected chi connectivity index (χ4v) is 1.98. The molecule has 0 aliphatic heterocycles. The third-order valence-electron chi connectivity index (χ3n) is 3.20. The van der Waals surface area contributed by atoms with Gasteiger partial charge in [-0.05, 0) is 43.7 Å². The summed E-state index contributed by atoms with van der Waals surface area (Å²) in [5.41, 5.74) is 2.30. The van der Waals surface area contributed by atoms with Crippen LogP contribution in [0.4, 0.5) is 0 Å². The van der Waals surface area contributed by atoms with E-state index >= 15 is 0 Å². The molecule has 0 unspecified atom stereocenters. The van der Waals surface area contributed by atoms with Crippen LogP contribution < -0.4 is 9.47 Å². The van der Waals surface area contributed by atoms with Gasteiger partial charge in [0.2, 0.25) is 0 Å². The summed E-state index contributed by atoms with van der Waals surface area (Å²) in [6.07, 6.45) is 0.221. The van der Waals surface area contributed by atoms with Gasteiger partial charge in [0.05, 0.1) is 13.0 Å². The zero-order valence-electron chi connectivity index (χ0n) is 13.6. The maximum absolute atomic E-state index is 11.6. The number of carbonyl (C=O) groups excluding carboxylic acids is 1. The highest BCUT2D eigenvalue weighted by atomic mass is 16.6. The van der Waals surface area contributed by atoms with Gasteiger partial charge in [-0.15, -0.1) is 0 Å². The number of rotatable bonds is 8. The highest BCUT2D eigenvalue weighted by molar-refractivity contribution is 5.69. The van der Waals surface area contributed by atoms with Crippen LogP contribution >= 0.6 is 0 Å². The van der Waals surface area contributed by atoms with Gasteiger partial charge in [-0.3, -0.25) is 4.79 Å². The first-order valence-corrected chi connectivity index (χ1v) is 7.68. The summed E-state index contributed by atoms with van der Waals surface area (Å²) in [6, 6.07) is 15.5. The normalized spacial score (nSPS) is 10.2. The molecule has 0 bridgehead atoms. The second-order valence-electron chi connectivity index (χ2n) is 5.30. The molecule has 4 heteroatoms. The van der Waals surface area contributed by atoms with E-state index in [9.17, 15) is 4.79 Å². The molecule has 0 aliphatic carbocycles. The van der Waals surface area contributed by atoms with E-state index < -0.39 is 0 Å². The van der Waals surface area contributed by atoms with Crippen molar-refractivity contribution in [2.45, 2.75) is 20.3 Å². The van der Waals surface area contributed by atoms with E-state index in [0.717, 1.165) is 17.1 Å². The van der Waals surface area contributed by atoms with E-state index in [4.69, 9.17) is 14.2 Å². The number of carbonyl (C=O) groups is 1. The lowest BCUT2D eigenvalue weighted by Crippen LogP contribution is -2.14. The van der Waals surface area contributed by atoms with Crippen molar-refractivity contribution in [3.8, 4) is 11.5 Å². The van der Waals surface area contributed by atoms with Crippen molar-refractivity contribution in [3.05, 3.63) is 59.7 Å². The summed E-state index contributed by atoms with van der Waals surface area (Å²) in [4.78, 5) is 11.6. The van der Waals surface area contributed by atoms with E-state index in [-0.39, 0.29) is 19.0 Å². The van der Waals surface area contributed by atoms with Crippen LogP contribution in [0.5, 0.6) is 11.5 Å². The zero-order chi connectivity index (χ0) is 16.5. The number of aryl methyl sites for hydroxylation is 2. The number of hydrogen-bond acceptors (Lipinski definition) is 4. The van der Waals surface area contributed by atoms with Crippen LogP contribution in [-0.2, 0) is 9.53 Å². The maximum atomic E-state index is 11.6. The van der Waals surface area contributed by atoms with Crippen molar-refractivity contribution < 1.29 is 19.0 Å². The fourth-order valence-electron chi connectivity index (χ4n) is 1.98. The van der Waals surface area contributed by atoms with Crippen LogP contribution in [0.1, 0.15) is 17.5 Å². The lowest BCUT2D eigenvalue weighted by Gasteiger charge is -2.09. The smallest absolute Gasteiger partial charge is 0.309 e. The van der Waals surface area contributed by atoms with Crippen LogP contribution in [0.2, 0.25) is 0 Å². The quantitative estimate of drug-likeness (QED) is 0.550. The Bertz CT molecular complexity index is 620. The van der Waals surface area contributed by atoms with Crippen molar-refractivity contribution in [3.63, 3.8) is 0 Å². The first kappa shape index (κ1) is 16.9. The lowest BCUT2D eigenvalue weighted by molar-refractivity contribution is -0.144. The van der Waals surface area contributed by atoms with Crippen LogP contribution in [0.15, 0.2) is 48.5 Å². The summed E-state index contributed by atoms with van der Waals surface area (Å²) in [5.74, 6) is 1.25. The Morgan fingerprint density at radius 1 is 0.826 bits per heavy atom. The first-order valence-electron chi connectivity index (χ1n) is 7.68. The summed E-state index contributed by atoms with van der Waals surface area (Å²) in [7, 11) is 0. The minimum Gasteiger partial charge on any atom is -0.493 e. The standard InChI is InChI=1S/C19H22O4/c1-15-6-8-17(9-7-15)21-11-10-19(20)23-13-12-22-18-5-3-4-16(2)14-18/h3-9,14H,10-13H2,1-2H3. The minimum atomic E-state index is -0.287. The van der Waals surface area contributed by atoms with Gasteiger partial charge >= 0.3 is 5.97 Å². The maximum Gasteiger partial charge on any atom is 0.309 e. The molecule has 0 atom stereocenters. The van der Waals surface area contributed by atoms with Gasteiger partial charge in [0.15, 0.2) is 0 Å². The summed E-state index contributed by atoms with van der Waals surface area (Å²) in [6.45, 7) is 4.90. The van der Waals surface area contributed by atoms with Gasteiger partial charge in [0, 0.05) is 0 Å². The molecule has 0 saturated carbocycles. The van der Waals surface area contributed by atoms with Gasteiger partial charge in [0.25, 0.3) is 0 Å². The van der Waals surface area contributed by atoms with Gasteiger partial charge in [-0.25, -0.2) is 0 Å². The highest BCUT2D eigenvalue weighted by Crippen LogP contribution is 2.12. The topological polar surface area (TPSA) is 44.8 Å². The van der Waals surface area contributed by atoms with Gasteiger partial charge in [0.1, 0.15) is 24.7 Å². The van der Waals surface area contributed by atoms with E-state index in [1.807, 2.05) is 62.4 Å². The van der Waals surface area contributed by atoms with Crippen LogP contribution in [0.25, 0.3) is 0 Å². The Morgan fingerprint density at radius 2 is 1.57 bits per heavy atom. The van der Waals surface area contributed by atoms with Gasteiger partial charge < -0.3 is 14.2 Å². The highest BCUT2D eigenvalue weighted by Gasteiger charge is 2.04. The van der Waals surface area contributed by atoms with Crippen LogP contribution in [0.3, 0.4) is 0 Å². The predicted molar refractivity (Wildman–Crippen MR) is 88.9 cm³/mol. The second-order valence-corrected chi connectivity index (χ2v) is 5.30. The molecule has 0 heterocycles. The Kier molecular flexibility index (Phi) is 6.48. The number of benzene rings is 2. The Morgan fingerprint density at radius 3 is 2.30 bits per heavy atom. The molecule has 4 nitrogen and oxygen atoms in total. The molecule has 2 aromatic rings. The second kappa shape index (κ2) is 8.83. The number of esters is 1. The molecule has 122 valence electrons. The van der Waals surface area contributed by atoms with Crippen molar-refractivity contribution in [1.82, 2.24) is 0 Å². The summed E-state index contributed by atoms with van der Waals surface area (Å²) in [5, 5.41) is 0. The van der Waals surface area contributed by atoms with Gasteiger partial charge in [-0.2, -0.15) is 0 Å². The first-order chi connectivity index (χ1) is 11.1. The third kappa shape index (κ3) is 6.43. The molecule has 0 saturated heterocycles. The molecule has 0 spiro atoms. The summed E-state index contributed by atoms with van der Waals surface area (Å²) < 4.78 is 16.1. The Hall–Kier alpha value is -2.49. The average Bonchev–Trinajstić information content (AvgIpc) is 2.54. The van der Waals surface area contributed by atoms with Gasteiger partial charge in [-0.1, -0.05) is 29.8 Å². The summed E-state index contributed by atoms with van der Waals surface area (Å²) >= 11 is 0. The Balaban J connectivity index is 1.57. The molecule has 0 radical (unpaired) electrons. The van der Waals surface area contributed by atoms with E-state index in [2.05, 4.69) is 0 Å². The van der Waals surface area contributed by atoms with E-state index in [1.165, 1.54) is 5.56 Å². The molecule has 23 heavy (non-hydrogen) atoms. The molecule has 0 fully saturated rings. The van der Waals surface area contributed by atoms with Crippen molar-refractivity contribution in [2.24, 2.45) is 0 Å². The number of ether oxygens (including phenoxy) is 3. The third-order valence-corrected chi connectivity index (χ3v) is 3.20. The molecule has 0 aromatic heterocycles. The van der Waals surface area contributed by atoms with Crippen molar-refractivity contribution >= 4 is 5.97 Å². The number of hydrogen-bond donors (Lipinski definition) is 0.